The van der Waals surface area contributed by atoms with Crippen LogP contribution in [0.4, 0.5) is 13.2 Å². The lowest BCUT2D eigenvalue weighted by Crippen LogP contribution is -2.04. The van der Waals surface area contributed by atoms with Crippen LogP contribution in [0, 0.1) is 6.92 Å². The summed E-state index contributed by atoms with van der Waals surface area (Å²) in [5.74, 6) is 0.786. The number of aromatic nitrogens is 1. The van der Waals surface area contributed by atoms with Gasteiger partial charge in [-0.3, -0.25) is 4.98 Å². The Kier molecular flexibility index (Phi) is 4.15. The topological polar surface area (TPSA) is 48.1 Å². The number of rotatable bonds is 3. The zero-order chi connectivity index (χ0) is 17.3. The SMILES string of the molecule is Cc1cnc2c(Oc3ccc(C(F)(F)F)cc3)ccc(CN)c2c1. The maximum absolute atomic E-state index is 12.6. The fourth-order valence-electron chi connectivity index (χ4n) is 2.45. The van der Waals surface area contributed by atoms with Crippen LogP contribution in [-0.2, 0) is 12.7 Å². The van der Waals surface area contributed by atoms with Crippen LogP contribution in [0.2, 0.25) is 0 Å². The number of benzene rings is 2. The monoisotopic (exact) mass is 332 g/mol. The summed E-state index contributed by atoms with van der Waals surface area (Å²) in [6.45, 7) is 2.29. The molecule has 0 unspecified atom stereocenters. The highest BCUT2D eigenvalue weighted by atomic mass is 19.4. The molecule has 0 atom stereocenters. The predicted octanol–water partition coefficient (Wildman–Crippen LogP) is 4.81. The summed E-state index contributed by atoms with van der Waals surface area (Å²) in [6, 6.07) is 10.1. The third kappa shape index (κ3) is 3.19. The second-order valence-corrected chi connectivity index (χ2v) is 5.46. The van der Waals surface area contributed by atoms with Crippen molar-refractivity contribution < 1.29 is 17.9 Å². The molecule has 0 amide bonds. The van der Waals surface area contributed by atoms with Crippen LogP contribution < -0.4 is 10.5 Å². The van der Waals surface area contributed by atoms with Crippen LogP contribution in [-0.4, -0.2) is 4.98 Å². The molecule has 6 heteroatoms. The number of ether oxygens (including phenoxy) is 1. The molecule has 0 fully saturated rings. The van der Waals surface area contributed by atoms with E-state index in [0.29, 0.717) is 23.6 Å². The van der Waals surface area contributed by atoms with Crippen molar-refractivity contribution in [2.24, 2.45) is 5.73 Å². The normalized spacial score (nSPS) is 11.7. The van der Waals surface area contributed by atoms with E-state index < -0.39 is 11.7 Å². The summed E-state index contributed by atoms with van der Waals surface area (Å²) in [5, 5.41) is 0.877. The van der Waals surface area contributed by atoms with Crippen molar-refractivity contribution >= 4 is 10.9 Å². The molecule has 0 bridgehead atoms. The average molecular weight is 332 g/mol. The summed E-state index contributed by atoms with van der Waals surface area (Å²) >= 11 is 0. The minimum atomic E-state index is -4.37. The molecule has 1 aromatic heterocycles. The van der Waals surface area contributed by atoms with Crippen LogP contribution in [0.1, 0.15) is 16.7 Å². The summed E-state index contributed by atoms with van der Waals surface area (Å²) in [5.41, 5.74) is 7.58. The summed E-state index contributed by atoms with van der Waals surface area (Å²) in [7, 11) is 0. The Morgan fingerprint density at radius 2 is 1.79 bits per heavy atom. The quantitative estimate of drug-likeness (QED) is 0.748. The highest BCUT2D eigenvalue weighted by Crippen LogP contribution is 2.34. The molecule has 0 spiro atoms. The largest absolute Gasteiger partial charge is 0.455 e. The van der Waals surface area contributed by atoms with Gasteiger partial charge in [-0.05, 0) is 54.4 Å². The van der Waals surface area contributed by atoms with Gasteiger partial charge in [0.1, 0.15) is 11.3 Å². The van der Waals surface area contributed by atoms with Gasteiger partial charge >= 0.3 is 6.18 Å². The lowest BCUT2D eigenvalue weighted by Gasteiger charge is -2.12. The molecule has 0 radical (unpaired) electrons. The molecule has 24 heavy (non-hydrogen) atoms. The Balaban J connectivity index is 1.99. The third-order valence-corrected chi connectivity index (χ3v) is 3.67. The Morgan fingerprint density at radius 1 is 1.08 bits per heavy atom. The van der Waals surface area contributed by atoms with Gasteiger partial charge in [0.15, 0.2) is 5.75 Å². The van der Waals surface area contributed by atoms with Gasteiger partial charge in [0.25, 0.3) is 0 Å². The summed E-state index contributed by atoms with van der Waals surface area (Å²) in [4.78, 5) is 4.38. The standard InChI is InChI=1S/C18H15F3N2O/c1-11-8-15-12(9-22)2-7-16(17(15)23-10-11)24-14-5-3-13(4-6-14)18(19,20)21/h2-8,10H,9,22H2,1H3. The van der Waals surface area contributed by atoms with E-state index in [4.69, 9.17) is 10.5 Å². The van der Waals surface area contributed by atoms with Gasteiger partial charge in [-0.2, -0.15) is 13.2 Å². The van der Waals surface area contributed by atoms with E-state index in [1.165, 1.54) is 12.1 Å². The molecule has 3 nitrogen and oxygen atoms in total. The van der Waals surface area contributed by atoms with Gasteiger partial charge < -0.3 is 10.5 Å². The predicted molar refractivity (Wildman–Crippen MR) is 85.9 cm³/mol. The molecule has 3 aromatic rings. The van der Waals surface area contributed by atoms with E-state index in [-0.39, 0.29) is 0 Å². The van der Waals surface area contributed by atoms with Crippen molar-refractivity contribution in [3.05, 3.63) is 65.4 Å². The molecule has 2 N–H and O–H groups in total. The average Bonchev–Trinajstić information content (AvgIpc) is 2.54. The van der Waals surface area contributed by atoms with Gasteiger partial charge in [0.05, 0.1) is 5.56 Å². The molecule has 3 rings (SSSR count). The van der Waals surface area contributed by atoms with Gasteiger partial charge in [0.2, 0.25) is 0 Å². The minimum absolute atomic E-state index is 0.312. The Hall–Kier alpha value is -2.60. The lowest BCUT2D eigenvalue weighted by molar-refractivity contribution is -0.137. The van der Waals surface area contributed by atoms with Crippen molar-refractivity contribution in [2.45, 2.75) is 19.6 Å². The number of nitrogens with zero attached hydrogens (tertiary/aromatic N) is 1. The van der Waals surface area contributed by atoms with Crippen molar-refractivity contribution in [3.8, 4) is 11.5 Å². The van der Waals surface area contributed by atoms with E-state index in [0.717, 1.165) is 28.6 Å². The van der Waals surface area contributed by atoms with Crippen LogP contribution in [0.25, 0.3) is 10.9 Å². The number of hydrogen-bond acceptors (Lipinski definition) is 3. The number of aryl methyl sites for hydroxylation is 1. The van der Waals surface area contributed by atoms with Gasteiger partial charge in [-0.15, -0.1) is 0 Å². The maximum atomic E-state index is 12.6. The van der Waals surface area contributed by atoms with Crippen LogP contribution in [0.5, 0.6) is 11.5 Å². The number of hydrogen-bond donors (Lipinski definition) is 1. The van der Waals surface area contributed by atoms with E-state index in [2.05, 4.69) is 4.98 Å². The molecule has 0 aliphatic rings. The number of alkyl halides is 3. The van der Waals surface area contributed by atoms with Gasteiger partial charge in [-0.1, -0.05) is 6.07 Å². The first-order valence-electron chi connectivity index (χ1n) is 7.32. The van der Waals surface area contributed by atoms with Crippen molar-refractivity contribution in [3.63, 3.8) is 0 Å². The first-order valence-corrected chi connectivity index (χ1v) is 7.32. The second-order valence-electron chi connectivity index (χ2n) is 5.46. The summed E-state index contributed by atoms with van der Waals surface area (Å²) in [6.07, 6.45) is -2.66. The Bertz CT molecular complexity index is 874. The second kappa shape index (κ2) is 6.13. The highest BCUT2D eigenvalue weighted by Gasteiger charge is 2.30. The highest BCUT2D eigenvalue weighted by molar-refractivity contribution is 5.88. The number of pyridine rings is 1. The first kappa shape index (κ1) is 16.3. The van der Waals surface area contributed by atoms with Crippen LogP contribution >= 0.6 is 0 Å². The smallest absolute Gasteiger partial charge is 0.416 e. The zero-order valence-electron chi connectivity index (χ0n) is 12.9. The minimum Gasteiger partial charge on any atom is -0.455 e. The van der Waals surface area contributed by atoms with Crippen molar-refractivity contribution in [2.75, 3.05) is 0 Å². The molecule has 0 aliphatic heterocycles. The van der Waals surface area contributed by atoms with E-state index in [9.17, 15) is 13.2 Å². The Morgan fingerprint density at radius 3 is 2.42 bits per heavy atom. The molecular weight excluding hydrogens is 317 g/mol. The fourth-order valence-corrected chi connectivity index (χ4v) is 2.45. The van der Waals surface area contributed by atoms with Gasteiger partial charge in [0, 0.05) is 18.1 Å². The third-order valence-electron chi connectivity index (χ3n) is 3.67. The maximum Gasteiger partial charge on any atom is 0.416 e. The molecule has 124 valence electrons. The number of nitrogens with two attached hydrogens (primary N) is 1. The van der Waals surface area contributed by atoms with Crippen LogP contribution in [0.3, 0.4) is 0 Å². The molecule has 0 saturated heterocycles. The lowest BCUT2D eigenvalue weighted by atomic mass is 10.1. The van der Waals surface area contributed by atoms with E-state index in [1.807, 2.05) is 19.1 Å². The van der Waals surface area contributed by atoms with Gasteiger partial charge in [-0.25, -0.2) is 0 Å². The zero-order valence-corrected chi connectivity index (χ0v) is 12.9. The van der Waals surface area contributed by atoms with E-state index in [1.54, 1.807) is 12.3 Å². The van der Waals surface area contributed by atoms with Crippen LogP contribution in [0.15, 0.2) is 48.7 Å². The number of fused-ring (bicyclic) bond motifs is 1. The number of halogens is 3. The molecule has 0 aliphatic carbocycles. The van der Waals surface area contributed by atoms with Crippen molar-refractivity contribution in [1.82, 2.24) is 4.98 Å². The molecule has 2 aromatic carbocycles. The molecular formula is C18H15F3N2O. The molecule has 1 heterocycles. The Labute approximate surface area is 136 Å². The summed E-state index contributed by atoms with van der Waals surface area (Å²) < 4.78 is 43.6. The molecule has 0 saturated carbocycles. The fraction of sp³-hybridized carbons (Fsp3) is 0.167. The van der Waals surface area contributed by atoms with Crippen molar-refractivity contribution in [1.29, 1.82) is 0 Å². The van der Waals surface area contributed by atoms with E-state index >= 15 is 0 Å². The first-order chi connectivity index (χ1) is 11.4.